The Balaban J connectivity index is 1.50. The lowest BCUT2D eigenvalue weighted by Crippen LogP contribution is -2.02. The number of halogens is 2. The maximum absolute atomic E-state index is 12.5. The summed E-state index contributed by atoms with van der Waals surface area (Å²) in [5.74, 6) is 0.183. The van der Waals surface area contributed by atoms with Gasteiger partial charge in [-0.15, -0.1) is 31.7 Å². The summed E-state index contributed by atoms with van der Waals surface area (Å²) in [5, 5.41) is 19.2. The quantitative estimate of drug-likeness (QED) is 0.563. The molecule has 0 spiro atoms. The van der Waals surface area contributed by atoms with Crippen molar-refractivity contribution >= 4 is 17.2 Å². The van der Waals surface area contributed by atoms with Gasteiger partial charge in [0.05, 0.1) is 11.4 Å². The van der Waals surface area contributed by atoms with E-state index in [2.05, 4.69) is 30.6 Å². The van der Waals surface area contributed by atoms with Gasteiger partial charge in [-0.3, -0.25) is 0 Å². The zero-order valence-corrected chi connectivity index (χ0v) is 13.8. The van der Waals surface area contributed by atoms with Gasteiger partial charge in [0.1, 0.15) is 5.82 Å². The van der Waals surface area contributed by atoms with E-state index in [-0.39, 0.29) is 5.89 Å². The minimum Gasteiger partial charge on any atom is -0.414 e. The predicted molar refractivity (Wildman–Crippen MR) is 87.1 cm³/mol. The van der Waals surface area contributed by atoms with Crippen LogP contribution in [0.3, 0.4) is 0 Å². The lowest BCUT2D eigenvalue weighted by molar-refractivity contribution is 0.116. The summed E-state index contributed by atoms with van der Waals surface area (Å²) in [6, 6.07) is 6.92. The molecule has 0 saturated carbocycles. The standard InChI is InChI=1S/C14H10F2N8OS/c15-11(16)14-21-20-13(25-14)9-3-2-8(26-9)6-24-22-12(19-23-24)7-1-4-10(17)18-5-7/h1-5,11H,6H2,(H2,17,18). The second-order valence-electron chi connectivity index (χ2n) is 5.13. The molecule has 2 N–H and O–H groups in total. The number of thiophene rings is 1. The summed E-state index contributed by atoms with van der Waals surface area (Å²) in [7, 11) is 0. The molecule has 9 nitrogen and oxygen atoms in total. The second-order valence-corrected chi connectivity index (χ2v) is 6.30. The minimum atomic E-state index is -2.80. The summed E-state index contributed by atoms with van der Waals surface area (Å²) in [6.07, 6.45) is -1.23. The number of hydrogen-bond acceptors (Lipinski definition) is 9. The fraction of sp³-hybridized carbons (Fsp3) is 0.143. The minimum absolute atomic E-state index is 0.0525. The van der Waals surface area contributed by atoms with Gasteiger partial charge in [0.2, 0.25) is 5.82 Å². The monoisotopic (exact) mass is 376 g/mol. The molecule has 0 amide bonds. The summed E-state index contributed by atoms with van der Waals surface area (Å²) in [6.45, 7) is 0.357. The molecule has 0 aliphatic rings. The molecular formula is C14H10F2N8OS. The van der Waals surface area contributed by atoms with Gasteiger partial charge in [0, 0.05) is 16.6 Å². The summed E-state index contributed by atoms with van der Waals surface area (Å²) in [4.78, 5) is 6.86. The zero-order valence-electron chi connectivity index (χ0n) is 13.0. The Morgan fingerprint density at radius 3 is 2.77 bits per heavy atom. The van der Waals surface area contributed by atoms with Crippen molar-refractivity contribution in [2.24, 2.45) is 0 Å². The number of rotatable bonds is 5. The van der Waals surface area contributed by atoms with Crippen molar-refractivity contribution in [3.05, 3.63) is 41.2 Å². The van der Waals surface area contributed by atoms with Crippen LogP contribution in [0.2, 0.25) is 0 Å². The average molecular weight is 376 g/mol. The first-order valence-electron chi connectivity index (χ1n) is 7.29. The van der Waals surface area contributed by atoms with Crippen LogP contribution in [0.1, 0.15) is 17.2 Å². The molecule has 132 valence electrons. The molecule has 4 aromatic rings. The van der Waals surface area contributed by atoms with Crippen LogP contribution in [0.5, 0.6) is 0 Å². The molecule has 0 atom stereocenters. The number of nitrogens with zero attached hydrogens (tertiary/aromatic N) is 7. The molecule has 0 aliphatic carbocycles. The van der Waals surface area contributed by atoms with Crippen molar-refractivity contribution in [1.29, 1.82) is 0 Å². The van der Waals surface area contributed by atoms with Crippen LogP contribution in [-0.2, 0) is 6.54 Å². The van der Waals surface area contributed by atoms with Crippen LogP contribution in [-0.4, -0.2) is 35.4 Å². The highest BCUT2D eigenvalue weighted by atomic mass is 32.1. The maximum Gasteiger partial charge on any atom is 0.314 e. The van der Waals surface area contributed by atoms with Gasteiger partial charge >= 0.3 is 6.43 Å². The largest absolute Gasteiger partial charge is 0.414 e. The topological polar surface area (TPSA) is 121 Å². The number of aromatic nitrogens is 7. The molecule has 0 aliphatic heterocycles. The lowest BCUT2D eigenvalue weighted by atomic mass is 10.3. The molecule has 0 saturated heterocycles. The van der Waals surface area contributed by atoms with Gasteiger partial charge in [-0.25, -0.2) is 4.98 Å². The van der Waals surface area contributed by atoms with Crippen LogP contribution in [0, 0.1) is 0 Å². The third-order valence-corrected chi connectivity index (χ3v) is 4.35. The van der Waals surface area contributed by atoms with E-state index in [0.29, 0.717) is 28.6 Å². The van der Waals surface area contributed by atoms with Crippen molar-refractivity contribution in [3.8, 4) is 22.2 Å². The first kappa shape index (κ1) is 16.2. The zero-order chi connectivity index (χ0) is 18.1. The lowest BCUT2D eigenvalue weighted by Gasteiger charge is -1.95. The highest BCUT2D eigenvalue weighted by molar-refractivity contribution is 7.15. The van der Waals surface area contributed by atoms with Gasteiger partial charge < -0.3 is 10.2 Å². The van der Waals surface area contributed by atoms with E-state index < -0.39 is 12.3 Å². The molecule has 0 fully saturated rings. The molecule has 0 bridgehead atoms. The third kappa shape index (κ3) is 3.26. The average Bonchev–Trinajstić information content (AvgIpc) is 3.36. The molecule has 0 aromatic carbocycles. The van der Waals surface area contributed by atoms with Crippen LogP contribution < -0.4 is 5.73 Å². The van der Waals surface area contributed by atoms with E-state index in [0.717, 1.165) is 4.88 Å². The number of nitrogens with two attached hydrogens (primary N) is 1. The van der Waals surface area contributed by atoms with Crippen molar-refractivity contribution in [1.82, 2.24) is 35.4 Å². The number of tetrazole rings is 1. The highest BCUT2D eigenvalue weighted by Gasteiger charge is 2.18. The van der Waals surface area contributed by atoms with Crippen molar-refractivity contribution in [3.63, 3.8) is 0 Å². The van der Waals surface area contributed by atoms with Crippen molar-refractivity contribution in [2.45, 2.75) is 13.0 Å². The smallest absolute Gasteiger partial charge is 0.314 e. The first-order chi connectivity index (χ1) is 12.6. The van der Waals surface area contributed by atoms with Gasteiger partial charge in [-0.1, -0.05) is 0 Å². The SMILES string of the molecule is Nc1ccc(-c2nnn(Cc3ccc(-c4nnc(C(F)F)o4)s3)n2)cn1. The Morgan fingerprint density at radius 2 is 2.04 bits per heavy atom. The number of pyridine rings is 1. The number of hydrogen-bond donors (Lipinski definition) is 1. The van der Waals surface area contributed by atoms with E-state index in [4.69, 9.17) is 10.2 Å². The van der Waals surface area contributed by atoms with Gasteiger partial charge in [-0.05, 0) is 29.5 Å². The Kier molecular flexibility index (Phi) is 4.08. The third-order valence-electron chi connectivity index (χ3n) is 3.29. The Labute approximate surface area is 148 Å². The van der Waals surface area contributed by atoms with Crippen LogP contribution in [0.25, 0.3) is 22.2 Å². The molecule has 4 heterocycles. The fourth-order valence-electron chi connectivity index (χ4n) is 2.10. The van der Waals surface area contributed by atoms with Crippen molar-refractivity contribution in [2.75, 3.05) is 5.73 Å². The number of alkyl halides is 2. The van der Waals surface area contributed by atoms with E-state index >= 15 is 0 Å². The van der Waals surface area contributed by atoms with Crippen LogP contribution in [0.4, 0.5) is 14.6 Å². The van der Waals surface area contributed by atoms with E-state index in [9.17, 15) is 8.78 Å². The molecule has 12 heteroatoms. The molecule has 26 heavy (non-hydrogen) atoms. The Hall–Kier alpha value is -3.28. The van der Waals surface area contributed by atoms with Gasteiger partial charge in [0.25, 0.3) is 11.8 Å². The molecule has 0 radical (unpaired) electrons. The molecular weight excluding hydrogens is 366 g/mol. The van der Waals surface area contributed by atoms with Crippen LogP contribution >= 0.6 is 11.3 Å². The predicted octanol–water partition coefficient (Wildman–Crippen LogP) is 2.41. The first-order valence-corrected chi connectivity index (χ1v) is 8.10. The van der Waals surface area contributed by atoms with Crippen molar-refractivity contribution < 1.29 is 13.2 Å². The Morgan fingerprint density at radius 1 is 1.15 bits per heavy atom. The van der Waals surface area contributed by atoms with E-state index in [1.807, 2.05) is 0 Å². The highest BCUT2D eigenvalue weighted by Crippen LogP contribution is 2.29. The summed E-state index contributed by atoms with van der Waals surface area (Å²) < 4.78 is 30.0. The Bertz CT molecular complexity index is 1030. The van der Waals surface area contributed by atoms with Crippen LogP contribution in [0.15, 0.2) is 34.9 Å². The molecule has 4 rings (SSSR count). The maximum atomic E-state index is 12.5. The summed E-state index contributed by atoms with van der Waals surface area (Å²) in [5.41, 5.74) is 6.25. The van der Waals surface area contributed by atoms with E-state index in [1.54, 1.807) is 30.5 Å². The normalized spacial score (nSPS) is 11.3. The van der Waals surface area contributed by atoms with Gasteiger partial charge in [0.15, 0.2) is 0 Å². The van der Waals surface area contributed by atoms with Gasteiger partial charge in [-0.2, -0.15) is 13.6 Å². The molecule has 0 unspecified atom stereocenters. The number of nitrogen functional groups attached to an aromatic ring is 1. The summed E-state index contributed by atoms with van der Waals surface area (Å²) >= 11 is 1.31. The fourth-order valence-corrected chi connectivity index (χ4v) is 3.01. The number of anilines is 1. The second kappa shape index (κ2) is 6.55. The molecule has 4 aromatic heterocycles. The van der Waals surface area contributed by atoms with E-state index in [1.165, 1.54) is 16.1 Å².